The highest BCUT2D eigenvalue weighted by molar-refractivity contribution is 6.06. The first-order valence-electron chi connectivity index (χ1n) is 7.67. The molecule has 0 saturated heterocycles. The molecule has 0 bridgehead atoms. The Labute approximate surface area is 135 Å². The lowest BCUT2D eigenvalue weighted by Crippen LogP contribution is -2.08. The van der Waals surface area contributed by atoms with Crippen molar-refractivity contribution in [1.82, 2.24) is 9.78 Å². The van der Waals surface area contributed by atoms with Crippen LogP contribution in [0.25, 0.3) is 22.0 Å². The van der Waals surface area contributed by atoms with E-state index in [0.717, 1.165) is 22.0 Å². The lowest BCUT2D eigenvalue weighted by Gasteiger charge is -2.07. The Morgan fingerprint density at radius 1 is 1.13 bits per heavy atom. The quantitative estimate of drug-likeness (QED) is 0.683. The molecule has 0 N–H and O–H groups in total. The molecule has 23 heavy (non-hydrogen) atoms. The number of esters is 1. The molecule has 0 unspecified atom stereocenters. The minimum atomic E-state index is -0.373. The normalized spacial score (nSPS) is 11.2. The van der Waals surface area contributed by atoms with Crippen LogP contribution in [0.15, 0.2) is 42.5 Å². The largest absolute Gasteiger partial charge is 0.464 e. The first-order chi connectivity index (χ1) is 11.0. The molecular weight excluding hydrogens is 288 g/mol. The summed E-state index contributed by atoms with van der Waals surface area (Å²) in [6.45, 7) is 4.36. The van der Waals surface area contributed by atoms with Crippen LogP contribution in [0, 0.1) is 0 Å². The number of ether oxygens (including phenoxy) is 1. The zero-order valence-electron chi connectivity index (χ0n) is 13.8. The highest BCUT2D eigenvalue weighted by Gasteiger charge is 2.19. The second kappa shape index (κ2) is 5.88. The number of aryl methyl sites for hydroxylation is 1. The molecule has 1 aromatic heterocycles. The first kappa shape index (κ1) is 15.3. The number of nitrogens with zero attached hydrogens (tertiary/aromatic N) is 2. The number of benzene rings is 2. The summed E-state index contributed by atoms with van der Waals surface area (Å²) >= 11 is 0. The van der Waals surface area contributed by atoms with E-state index in [1.54, 1.807) is 11.7 Å². The fourth-order valence-corrected chi connectivity index (χ4v) is 2.84. The van der Waals surface area contributed by atoms with Gasteiger partial charge in [0.05, 0.1) is 7.11 Å². The van der Waals surface area contributed by atoms with E-state index in [1.807, 2.05) is 18.2 Å². The van der Waals surface area contributed by atoms with Crippen LogP contribution in [0.3, 0.4) is 0 Å². The van der Waals surface area contributed by atoms with E-state index in [0.29, 0.717) is 11.6 Å². The Morgan fingerprint density at radius 3 is 2.43 bits per heavy atom. The molecule has 0 radical (unpaired) electrons. The third-order valence-electron chi connectivity index (χ3n) is 4.13. The van der Waals surface area contributed by atoms with Crippen molar-refractivity contribution in [2.24, 2.45) is 7.05 Å². The average Bonchev–Trinajstić information content (AvgIpc) is 2.90. The van der Waals surface area contributed by atoms with Gasteiger partial charge in [-0.05, 0) is 17.0 Å². The van der Waals surface area contributed by atoms with E-state index in [9.17, 15) is 4.79 Å². The van der Waals surface area contributed by atoms with Gasteiger partial charge in [-0.2, -0.15) is 5.10 Å². The lowest BCUT2D eigenvalue weighted by molar-refractivity contribution is 0.0590. The minimum Gasteiger partial charge on any atom is -0.464 e. The van der Waals surface area contributed by atoms with Gasteiger partial charge in [-0.1, -0.05) is 56.3 Å². The topological polar surface area (TPSA) is 44.1 Å². The van der Waals surface area contributed by atoms with Gasteiger partial charge >= 0.3 is 5.97 Å². The van der Waals surface area contributed by atoms with Crippen molar-refractivity contribution in [2.45, 2.75) is 19.8 Å². The van der Waals surface area contributed by atoms with E-state index in [-0.39, 0.29) is 5.97 Å². The van der Waals surface area contributed by atoms with Crippen molar-refractivity contribution < 1.29 is 9.53 Å². The maximum Gasteiger partial charge on any atom is 0.356 e. The molecule has 3 rings (SSSR count). The summed E-state index contributed by atoms with van der Waals surface area (Å²) < 4.78 is 6.46. The van der Waals surface area contributed by atoms with Crippen LogP contribution in [0.1, 0.15) is 35.8 Å². The maximum absolute atomic E-state index is 12.0. The van der Waals surface area contributed by atoms with Crippen molar-refractivity contribution in [3.63, 3.8) is 0 Å². The van der Waals surface area contributed by atoms with Crippen LogP contribution in [-0.2, 0) is 11.8 Å². The fraction of sp³-hybridized carbons (Fsp3) is 0.263. The Kier molecular flexibility index (Phi) is 3.90. The molecule has 0 aliphatic rings. The Morgan fingerprint density at radius 2 is 1.83 bits per heavy atom. The Balaban J connectivity index is 2.17. The number of methoxy groups -OCH3 is 1. The van der Waals surface area contributed by atoms with Crippen molar-refractivity contribution in [2.75, 3.05) is 7.11 Å². The fourth-order valence-electron chi connectivity index (χ4n) is 2.84. The van der Waals surface area contributed by atoms with Crippen molar-refractivity contribution in [1.29, 1.82) is 0 Å². The number of aromatic nitrogens is 2. The summed E-state index contributed by atoms with van der Waals surface area (Å²) in [5, 5.41) is 5.34. The van der Waals surface area contributed by atoms with Crippen LogP contribution in [0.5, 0.6) is 0 Å². The van der Waals surface area contributed by atoms with Gasteiger partial charge in [0, 0.05) is 18.0 Å². The number of carbonyl (C=O) groups excluding carboxylic acids is 1. The third-order valence-corrected chi connectivity index (χ3v) is 4.13. The minimum absolute atomic E-state index is 0.373. The van der Waals surface area contributed by atoms with E-state index < -0.39 is 0 Å². The summed E-state index contributed by atoms with van der Waals surface area (Å²) in [6, 6.07) is 14.4. The predicted octanol–water partition coefficient (Wildman–Crippen LogP) is 4.15. The zero-order valence-corrected chi connectivity index (χ0v) is 13.8. The van der Waals surface area contributed by atoms with E-state index in [1.165, 1.54) is 12.7 Å². The van der Waals surface area contributed by atoms with Gasteiger partial charge in [0.25, 0.3) is 0 Å². The second-order valence-corrected chi connectivity index (χ2v) is 5.94. The smallest absolute Gasteiger partial charge is 0.356 e. The molecule has 0 fully saturated rings. The second-order valence-electron chi connectivity index (χ2n) is 5.94. The maximum atomic E-state index is 12.0. The number of rotatable bonds is 3. The molecule has 2 aromatic carbocycles. The van der Waals surface area contributed by atoms with E-state index in [2.05, 4.69) is 43.2 Å². The number of fused-ring (bicyclic) bond motifs is 1. The van der Waals surface area contributed by atoms with Gasteiger partial charge in [-0.15, -0.1) is 0 Å². The van der Waals surface area contributed by atoms with Gasteiger partial charge in [0.15, 0.2) is 5.69 Å². The molecule has 0 spiro atoms. The number of hydrogen-bond donors (Lipinski definition) is 0. The number of carbonyl (C=O) groups is 1. The van der Waals surface area contributed by atoms with Crippen LogP contribution in [0.2, 0.25) is 0 Å². The summed E-state index contributed by atoms with van der Waals surface area (Å²) in [5.41, 5.74) is 4.70. The van der Waals surface area contributed by atoms with Gasteiger partial charge < -0.3 is 4.74 Å². The lowest BCUT2D eigenvalue weighted by atomic mass is 9.97. The molecule has 3 aromatic rings. The average molecular weight is 308 g/mol. The molecule has 4 heteroatoms. The van der Waals surface area contributed by atoms with Crippen LogP contribution >= 0.6 is 0 Å². The van der Waals surface area contributed by atoms with Crippen LogP contribution in [-0.4, -0.2) is 22.9 Å². The first-order valence-corrected chi connectivity index (χ1v) is 7.67. The Hall–Kier alpha value is -2.62. The third kappa shape index (κ3) is 2.61. The van der Waals surface area contributed by atoms with Crippen molar-refractivity contribution in [3.05, 3.63) is 53.7 Å². The van der Waals surface area contributed by atoms with Gasteiger partial charge in [0.1, 0.15) is 5.52 Å². The molecule has 0 atom stereocenters. The molecule has 1 heterocycles. The molecule has 4 nitrogen and oxygen atoms in total. The summed E-state index contributed by atoms with van der Waals surface area (Å²) in [6.07, 6.45) is 0. The van der Waals surface area contributed by atoms with Crippen molar-refractivity contribution in [3.8, 4) is 11.1 Å². The van der Waals surface area contributed by atoms with Crippen LogP contribution < -0.4 is 0 Å². The number of hydrogen-bond acceptors (Lipinski definition) is 3. The van der Waals surface area contributed by atoms with Gasteiger partial charge in [-0.3, -0.25) is 4.68 Å². The van der Waals surface area contributed by atoms with E-state index in [4.69, 9.17) is 4.74 Å². The molecule has 0 saturated carbocycles. The van der Waals surface area contributed by atoms with E-state index >= 15 is 0 Å². The summed E-state index contributed by atoms with van der Waals surface area (Å²) in [4.78, 5) is 12.0. The highest BCUT2D eigenvalue weighted by atomic mass is 16.5. The highest BCUT2D eigenvalue weighted by Crippen LogP contribution is 2.30. The summed E-state index contributed by atoms with van der Waals surface area (Å²) in [7, 11) is 3.15. The molecule has 0 aliphatic heterocycles. The Bertz CT molecular complexity index is 861. The van der Waals surface area contributed by atoms with Crippen LogP contribution in [0.4, 0.5) is 0 Å². The van der Waals surface area contributed by atoms with Gasteiger partial charge in [0.2, 0.25) is 0 Å². The predicted molar refractivity (Wildman–Crippen MR) is 91.6 cm³/mol. The van der Waals surface area contributed by atoms with Crippen molar-refractivity contribution >= 4 is 16.9 Å². The SMILES string of the molecule is COC(=O)c1c2cccc(-c3ccc(C(C)C)cc3)c2nn1C. The molecule has 0 amide bonds. The molecule has 0 aliphatic carbocycles. The molecular formula is C19H20N2O2. The zero-order chi connectivity index (χ0) is 16.6. The monoisotopic (exact) mass is 308 g/mol. The molecule has 118 valence electrons. The summed E-state index contributed by atoms with van der Waals surface area (Å²) in [5.74, 6) is 0.128. The van der Waals surface area contributed by atoms with Gasteiger partial charge in [-0.25, -0.2) is 4.79 Å². The standard InChI is InChI=1S/C19H20N2O2/c1-12(2)13-8-10-14(11-9-13)15-6-5-7-16-17(15)20-21(3)18(16)19(22)23-4/h5-12H,1-4H3.